The van der Waals surface area contributed by atoms with Crippen LogP contribution in [0.5, 0.6) is 0 Å². The molecule has 0 heterocycles. The first-order valence-electron chi connectivity index (χ1n) is 10.8. The number of carbonyl (C=O) groups excluding carboxylic acids is 1. The van der Waals surface area contributed by atoms with Gasteiger partial charge in [-0.05, 0) is 64.2 Å². The molecule has 5 saturated carbocycles. The van der Waals surface area contributed by atoms with Crippen molar-refractivity contribution in [2.45, 2.75) is 127 Å². The van der Waals surface area contributed by atoms with E-state index in [0.29, 0.717) is 5.78 Å². The van der Waals surface area contributed by atoms with Crippen LogP contribution in [0.15, 0.2) is 0 Å². The smallest absolute Gasteiger partial charge is 0.132 e. The van der Waals surface area contributed by atoms with Crippen LogP contribution in [0, 0.1) is 0 Å². The van der Waals surface area contributed by atoms with Gasteiger partial charge in [0.15, 0.2) is 0 Å². The van der Waals surface area contributed by atoms with Gasteiger partial charge in [-0.2, -0.15) is 0 Å². The molecule has 5 aliphatic carbocycles. The fraction of sp³-hybridized carbons (Fsp3) is 0.952. The van der Waals surface area contributed by atoms with E-state index in [2.05, 4.69) is 10.6 Å². The van der Waals surface area contributed by atoms with Crippen LogP contribution in [0.1, 0.15) is 103 Å². The summed E-state index contributed by atoms with van der Waals surface area (Å²) in [6.07, 6.45) is 21.3. The quantitative estimate of drug-likeness (QED) is 0.796. The van der Waals surface area contributed by atoms with Gasteiger partial charge >= 0.3 is 0 Å². The van der Waals surface area contributed by atoms with E-state index in [4.69, 9.17) is 0 Å². The summed E-state index contributed by atoms with van der Waals surface area (Å²) in [6, 6.07) is 3.65. The molecular weight excluding hydrogens is 296 g/mol. The summed E-state index contributed by atoms with van der Waals surface area (Å²) >= 11 is 0. The van der Waals surface area contributed by atoms with Crippen LogP contribution in [-0.2, 0) is 4.79 Å². The zero-order chi connectivity index (χ0) is 16.6. The fourth-order valence-electron chi connectivity index (χ4n) is 4.12. The summed E-state index contributed by atoms with van der Waals surface area (Å²) < 4.78 is 0. The lowest BCUT2D eigenvalue weighted by Gasteiger charge is -2.08. The Kier molecular flexibility index (Phi) is 7.59. The summed E-state index contributed by atoms with van der Waals surface area (Å²) in [4.78, 5) is 10.2. The van der Waals surface area contributed by atoms with Crippen LogP contribution in [0.25, 0.3) is 0 Å². The van der Waals surface area contributed by atoms with Crippen molar-refractivity contribution in [3.8, 4) is 0 Å². The van der Waals surface area contributed by atoms with E-state index in [-0.39, 0.29) is 0 Å². The maximum absolute atomic E-state index is 10.2. The lowest BCUT2D eigenvalue weighted by Crippen LogP contribution is -2.27. The summed E-state index contributed by atoms with van der Waals surface area (Å²) in [5.74, 6) is 0.454. The lowest BCUT2D eigenvalue weighted by molar-refractivity contribution is -0.117. The van der Waals surface area contributed by atoms with E-state index < -0.39 is 0 Å². The Balaban J connectivity index is 0.000000108. The maximum Gasteiger partial charge on any atom is 0.132 e. The number of hydrogen-bond acceptors (Lipinski definition) is 3. The van der Waals surface area contributed by atoms with E-state index in [1.165, 1.54) is 77.0 Å². The van der Waals surface area contributed by atoms with Gasteiger partial charge in [-0.15, -0.1) is 0 Å². The Labute approximate surface area is 148 Å². The van der Waals surface area contributed by atoms with Crippen LogP contribution in [-0.4, -0.2) is 30.0 Å². The maximum atomic E-state index is 10.2. The van der Waals surface area contributed by atoms with Crippen molar-refractivity contribution in [2.24, 2.45) is 0 Å². The average molecular weight is 335 g/mol. The normalized spacial score (nSPS) is 27.6. The van der Waals surface area contributed by atoms with Crippen molar-refractivity contribution >= 4 is 5.78 Å². The molecule has 5 rings (SSSR count). The minimum atomic E-state index is 0.454. The highest BCUT2D eigenvalue weighted by Gasteiger charge is 2.26. The third kappa shape index (κ3) is 7.65. The largest absolute Gasteiger partial charge is 0.311 e. The lowest BCUT2D eigenvalue weighted by atomic mass is 10.2. The first-order chi connectivity index (χ1) is 11.8. The number of carbonyl (C=O) groups is 1. The Hall–Kier alpha value is -0.410. The second-order valence-corrected chi connectivity index (χ2v) is 8.59. The van der Waals surface area contributed by atoms with E-state index in [1.54, 1.807) is 0 Å². The molecule has 0 bridgehead atoms. The number of ketones is 1. The molecule has 5 aliphatic rings. The Morgan fingerprint density at radius 3 is 1.08 bits per heavy atom. The van der Waals surface area contributed by atoms with E-state index in [0.717, 1.165) is 49.9 Å². The zero-order valence-electron chi connectivity index (χ0n) is 15.5. The van der Waals surface area contributed by atoms with Crippen molar-refractivity contribution in [3.05, 3.63) is 0 Å². The molecule has 0 spiro atoms. The van der Waals surface area contributed by atoms with Crippen molar-refractivity contribution in [2.75, 3.05) is 0 Å². The SMILES string of the molecule is C1CCC(NC2CC2)C1.C1CCC(NC2CC2)C1.O=C1CCCC1. The Morgan fingerprint density at radius 1 is 0.500 bits per heavy atom. The van der Waals surface area contributed by atoms with Crippen LogP contribution in [0.4, 0.5) is 0 Å². The Morgan fingerprint density at radius 2 is 0.833 bits per heavy atom. The van der Waals surface area contributed by atoms with Crippen LogP contribution in [0.2, 0.25) is 0 Å². The molecule has 0 aliphatic heterocycles. The van der Waals surface area contributed by atoms with Gasteiger partial charge in [-0.1, -0.05) is 25.7 Å². The number of hydrogen-bond donors (Lipinski definition) is 2. The number of rotatable bonds is 4. The highest BCUT2D eigenvalue weighted by atomic mass is 16.1. The molecule has 3 nitrogen and oxygen atoms in total. The van der Waals surface area contributed by atoms with Crippen molar-refractivity contribution in [3.63, 3.8) is 0 Å². The summed E-state index contributed by atoms with van der Waals surface area (Å²) in [5.41, 5.74) is 0. The second kappa shape index (κ2) is 9.91. The molecule has 5 fully saturated rings. The molecule has 2 N–H and O–H groups in total. The second-order valence-electron chi connectivity index (χ2n) is 8.59. The number of Topliss-reactive ketones (excluding diaryl/α,β-unsaturated/α-hetero) is 1. The highest BCUT2D eigenvalue weighted by molar-refractivity contribution is 5.80. The fourth-order valence-corrected chi connectivity index (χ4v) is 4.12. The highest BCUT2D eigenvalue weighted by Crippen LogP contribution is 2.25. The summed E-state index contributed by atoms with van der Waals surface area (Å²) in [6.45, 7) is 0. The van der Waals surface area contributed by atoms with Gasteiger partial charge in [-0.3, -0.25) is 4.79 Å². The summed E-state index contributed by atoms with van der Waals surface area (Å²) in [7, 11) is 0. The van der Waals surface area contributed by atoms with E-state index in [9.17, 15) is 4.79 Å². The standard InChI is InChI=1S/2C8H15N.C5H8O/c2*1-2-4-7(3-1)9-8-5-6-8;6-5-3-1-2-4-5/h2*7-9H,1-6H2;1-4H2. The molecule has 0 aromatic heterocycles. The van der Waals surface area contributed by atoms with Gasteiger partial charge in [0.1, 0.15) is 5.78 Å². The molecule has 0 aromatic carbocycles. The van der Waals surface area contributed by atoms with Gasteiger partial charge in [0, 0.05) is 37.0 Å². The monoisotopic (exact) mass is 334 g/mol. The van der Waals surface area contributed by atoms with Gasteiger partial charge in [0.05, 0.1) is 0 Å². The number of nitrogens with one attached hydrogen (secondary N) is 2. The molecule has 138 valence electrons. The molecule has 0 aromatic rings. The van der Waals surface area contributed by atoms with E-state index in [1.807, 2.05) is 0 Å². The van der Waals surface area contributed by atoms with Crippen molar-refractivity contribution in [1.29, 1.82) is 0 Å². The van der Waals surface area contributed by atoms with Crippen molar-refractivity contribution < 1.29 is 4.79 Å². The van der Waals surface area contributed by atoms with Gasteiger partial charge in [-0.25, -0.2) is 0 Å². The first-order valence-corrected chi connectivity index (χ1v) is 10.8. The third-order valence-electron chi connectivity index (χ3n) is 5.97. The average Bonchev–Trinajstić information content (AvgIpc) is 3.35. The molecule has 0 atom stereocenters. The predicted molar refractivity (Wildman–Crippen MR) is 100 cm³/mol. The van der Waals surface area contributed by atoms with E-state index >= 15 is 0 Å². The van der Waals surface area contributed by atoms with Crippen LogP contribution in [0.3, 0.4) is 0 Å². The molecule has 0 saturated heterocycles. The van der Waals surface area contributed by atoms with Crippen molar-refractivity contribution in [1.82, 2.24) is 10.6 Å². The Bertz CT molecular complexity index is 330. The molecular formula is C21H38N2O. The summed E-state index contributed by atoms with van der Waals surface area (Å²) in [5, 5.41) is 7.31. The molecule has 0 amide bonds. The topological polar surface area (TPSA) is 41.1 Å². The van der Waals surface area contributed by atoms with Crippen LogP contribution >= 0.6 is 0 Å². The van der Waals surface area contributed by atoms with Gasteiger partial charge in [0.25, 0.3) is 0 Å². The first kappa shape index (κ1) is 18.4. The molecule has 3 heteroatoms. The third-order valence-corrected chi connectivity index (χ3v) is 5.97. The van der Waals surface area contributed by atoms with Gasteiger partial charge in [0.2, 0.25) is 0 Å². The van der Waals surface area contributed by atoms with Gasteiger partial charge < -0.3 is 10.6 Å². The minimum Gasteiger partial charge on any atom is -0.311 e. The molecule has 0 radical (unpaired) electrons. The zero-order valence-corrected chi connectivity index (χ0v) is 15.5. The molecule has 24 heavy (non-hydrogen) atoms. The van der Waals surface area contributed by atoms with Crippen LogP contribution < -0.4 is 10.6 Å². The predicted octanol–water partition coefficient (Wildman–Crippen LogP) is 4.49. The molecule has 0 unspecified atom stereocenters. The minimum absolute atomic E-state index is 0.454.